The number of aryl methyl sites for hydroxylation is 1. The van der Waals surface area contributed by atoms with Gasteiger partial charge >= 0.3 is 0 Å². The van der Waals surface area contributed by atoms with Gasteiger partial charge in [0.1, 0.15) is 0 Å². The lowest BCUT2D eigenvalue weighted by Gasteiger charge is -2.04. The first-order chi connectivity index (χ1) is 7.65. The fourth-order valence-electron chi connectivity index (χ4n) is 1.31. The van der Waals surface area contributed by atoms with Gasteiger partial charge < -0.3 is 5.73 Å². The van der Waals surface area contributed by atoms with Crippen molar-refractivity contribution in [3.8, 4) is 0 Å². The lowest BCUT2D eigenvalue weighted by atomic mass is 10.2. The third-order valence-corrected chi connectivity index (χ3v) is 3.07. The zero-order valence-electron chi connectivity index (χ0n) is 9.29. The van der Waals surface area contributed by atoms with Gasteiger partial charge in [0, 0.05) is 30.4 Å². The number of aromatic nitrogens is 3. The fraction of sp³-hybridized carbons (Fsp3) is 0.273. The van der Waals surface area contributed by atoms with Gasteiger partial charge in [0.15, 0.2) is 0 Å². The van der Waals surface area contributed by atoms with E-state index in [9.17, 15) is 0 Å². The molecule has 0 aliphatic heterocycles. The molecule has 0 aromatic carbocycles. The quantitative estimate of drug-likeness (QED) is 0.882. The Hall–Kier alpha value is -1.33. The van der Waals surface area contributed by atoms with Crippen molar-refractivity contribution in [1.29, 1.82) is 0 Å². The minimum atomic E-state index is -0.0163. The predicted octanol–water partition coefficient (Wildman–Crippen LogP) is 1.99. The molecule has 1 unspecified atom stereocenters. The van der Waals surface area contributed by atoms with Crippen molar-refractivity contribution in [2.24, 2.45) is 12.8 Å². The molecule has 0 saturated carbocycles. The van der Waals surface area contributed by atoms with Crippen molar-refractivity contribution < 1.29 is 0 Å². The summed E-state index contributed by atoms with van der Waals surface area (Å²) in [4.78, 5) is 6.51. The second-order valence-corrected chi connectivity index (χ2v) is 4.81. The summed E-state index contributed by atoms with van der Waals surface area (Å²) in [5.41, 5.74) is 6.65. The molecule has 0 aliphatic carbocycles. The van der Waals surface area contributed by atoms with E-state index in [1.807, 2.05) is 44.7 Å². The van der Waals surface area contributed by atoms with Crippen LogP contribution >= 0.6 is 11.8 Å². The molecule has 2 rings (SSSR count). The summed E-state index contributed by atoms with van der Waals surface area (Å²) in [6.07, 6.45) is 5.66. The normalized spacial score (nSPS) is 12.7. The molecule has 2 aromatic heterocycles. The van der Waals surface area contributed by atoms with Gasteiger partial charge in [-0.3, -0.25) is 9.67 Å². The van der Waals surface area contributed by atoms with Crippen LogP contribution in [0.2, 0.25) is 0 Å². The van der Waals surface area contributed by atoms with Crippen LogP contribution in [-0.2, 0) is 7.05 Å². The van der Waals surface area contributed by atoms with E-state index in [1.54, 1.807) is 16.4 Å². The lowest BCUT2D eigenvalue weighted by Crippen LogP contribution is -2.06. The minimum absolute atomic E-state index is 0.0163. The SMILES string of the molecule is CC(N)c1ccc(Sc2cnn(C)c2)cn1. The molecule has 0 radical (unpaired) electrons. The summed E-state index contributed by atoms with van der Waals surface area (Å²) in [6.45, 7) is 1.93. The maximum atomic E-state index is 5.74. The number of hydrogen-bond donors (Lipinski definition) is 1. The average molecular weight is 234 g/mol. The lowest BCUT2D eigenvalue weighted by molar-refractivity contribution is 0.766. The van der Waals surface area contributed by atoms with Gasteiger partial charge in [0.05, 0.1) is 16.8 Å². The van der Waals surface area contributed by atoms with E-state index in [4.69, 9.17) is 5.73 Å². The third kappa shape index (κ3) is 2.62. The van der Waals surface area contributed by atoms with Crippen LogP contribution in [0.3, 0.4) is 0 Å². The van der Waals surface area contributed by atoms with Crippen LogP contribution in [0.25, 0.3) is 0 Å². The maximum Gasteiger partial charge on any atom is 0.0629 e. The molecular weight excluding hydrogens is 220 g/mol. The zero-order valence-corrected chi connectivity index (χ0v) is 10.1. The minimum Gasteiger partial charge on any atom is -0.323 e. The van der Waals surface area contributed by atoms with Gasteiger partial charge in [-0.05, 0) is 19.1 Å². The molecule has 2 N–H and O–H groups in total. The number of pyridine rings is 1. The second kappa shape index (κ2) is 4.67. The summed E-state index contributed by atoms with van der Waals surface area (Å²) in [7, 11) is 1.90. The van der Waals surface area contributed by atoms with E-state index in [-0.39, 0.29) is 6.04 Å². The first-order valence-electron chi connectivity index (χ1n) is 5.03. The Labute approximate surface area is 98.9 Å². The van der Waals surface area contributed by atoms with Crippen LogP contribution in [0, 0.1) is 0 Å². The Kier molecular flexibility index (Phi) is 3.26. The summed E-state index contributed by atoms with van der Waals surface area (Å²) in [6, 6.07) is 3.98. The highest BCUT2D eigenvalue weighted by molar-refractivity contribution is 7.99. The molecule has 0 bridgehead atoms. The molecule has 0 saturated heterocycles. The highest BCUT2D eigenvalue weighted by Gasteiger charge is 2.03. The van der Waals surface area contributed by atoms with Gasteiger partial charge in [0.2, 0.25) is 0 Å². The Morgan fingerprint density at radius 2 is 2.12 bits per heavy atom. The molecule has 0 fully saturated rings. The summed E-state index contributed by atoms with van der Waals surface area (Å²) >= 11 is 1.64. The van der Waals surface area contributed by atoms with Gasteiger partial charge in [-0.15, -0.1) is 0 Å². The second-order valence-electron chi connectivity index (χ2n) is 3.66. The molecule has 1 atom stereocenters. The first kappa shape index (κ1) is 11.2. The zero-order chi connectivity index (χ0) is 11.5. The van der Waals surface area contributed by atoms with Crippen LogP contribution in [0.15, 0.2) is 40.5 Å². The van der Waals surface area contributed by atoms with Crippen LogP contribution in [0.5, 0.6) is 0 Å². The Balaban J connectivity index is 2.11. The smallest absolute Gasteiger partial charge is 0.0629 e. The standard InChI is InChI=1S/C11H14N4S/c1-8(12)11-4-3-9(5-13-11)16-10-6-14-15(2)7-10/h3-8H,12H2,1-2H3. The van der Waals surface area contributed by atoms with E-state index in [1.165, 1.54) is 0 Å². The van der Waals surface area contributed by atoms with E-state index in [2.05, 4.69) is 10.1 Å². The Morgan fingerprint density at radius 1 is 1.31 bits per heavy atom. The van der Waals surface area contributed by atoms with E-state index in [0.717, 1.165) is 15.5 Å². The molecule has 0 amide bonds. The van der Waals surface area contributed by atoms with Gasteiger partial charge in [-0.2, -0.15) is 5.10 Å². The van der Waals surface area contributed by atoms with Crippen LogP contribution < -0.4 is 5.73 Å². The molecule has 16 heavy (non-hydrogen) atoms. The van der Waals surface area contributed by atoms with Gasteiger partial charge in [-0.1, -0.05) is 11.8 Å². The number of rotatable bonds is 3. The third-order valence-electron chi connectivity index (χ3n) is 2.14. The largest absolute Gasteiger partial charge is 0.323 e. The first-order valence-corrected chi connectivity index (χ1v) is 5.85. The Bertz CT molecular complexity index is 461. The molecule has 5 heteroatoms. The molecule has 2 aromatic rings. The highest BCUT2D eigenvalue weighted by Crippen LogP contribution is 2.26. The van der Waals surface area contributed by atoms with Crippen molar-refractivity contribution in [1.82, 2.24) is 14.8 Å². The fourth-order valence-corrected chi connectivity index (χ4v) is 2.13. The van der Waals surface area contributed by atoms with Crippen molar-refractivity contribution in [2.45, 2.75) is 22.8 Å². The predicted molar refractivity (Wildman–Crippen MR) is 64.2 cm³/mol. The molecule has 0 aliphatic rings. The molecule has 4 nitrogen and oxygen atoms in total. The maximum absolute atomic E-state index is 5.74. The van der Waals surface area contributed by atoms with Crippen molar-refractivity contribution in [3.05, 3.63) is 36.4 Å². The van der Waals surface area contributed by atoms with E-state index in [0.29, 0.717) is 0 Å². The molecule has 84 valence electrons. The summed E-state index contributed by atoms with van der Waals surface area (Å²) in [5, 5.41) is 4.11. The summed E-state index contributed by atoms with van der Waals surface area (Å²) < 4.78 is 1.78. The molecule has 0 spiro atoms. The Morgan fingerprint density at radius 3 is 2.62 bits per heavy atom. The topological polar surface area (TPSA) is 56.7 Å². The monoisotopic (exact) mass is 234 g/mol. The van der Waals surface area contributed by atoms with Gasteiger partial charge in [0.25, 0.3) is 0 Å². The average Bonchev–Trinajstić information content (AvgIpc) is 2.65. The highest BCUT2D eigenvalue weighted by atomic mass is 32.2. The summed E-state index contributed by atoms with van der Waals surface area (Å²) in [5.74, 6) is 0. The van der Waals surface area contributed by atoms with Gasteiger partial charge in [-0.25, -0.2) is 0 Å². The van der Waals surface area contributed by atoms with Crippen molar-refractivity contribution in [3.63, 3.8) is 0 Å². The van der Waals surface area contributed by atoms with Crippen LogP contribution in [-0.4, -0.2) is 14.8 Å². The number of hydrogen-bond acceptors (Lipinski definition) is 4. The molecular formula is C11H14N4S. The van der Waals surface area contributed by atoms with Crippen LogP contribution in [0.1, 0.15) is 18.7 Å². The van der Waals surface area contributed by atoms with Crippen molar-refractivity contribution >= 4 is 11.8 Å². The number of nitrogens with zero attached hydrogens (tertiary/aromatic N) is 3. The van der Waals surface area contributed by atoms with Crippen molar-refractivity contribution in [2.75, 3.05) is 0 Å². The van der Waals surface area contributed by atoms with E-state index >= 15 is 0 Å². The number of nitrogens with two attached hydrogens (primary N) is 1. The van der Waals surface area contributed by atoms with Crippen LogP contribution in [0.4, 0.5) is 0 Å². The van der Waals surface area contributed by atoms with E-state index < -0.39 is 0 Å². The molecule has 2 heterocycles.